The molecule has 2 N–H and O–H groups in total. The molecule has 0 radical (unpaired) electrons. The van der Waals surface area contributed by atoms with Gasteiger partial charge in [0.05, 0.1) is 18.7 Å². The normalized spacial score (nSPS) is 15.6. The molecule has 42 heavy (non-hydrogen) atoms. The number of rotatable bonds is 6. The molecule has 1 atom stereocenters. The number of aromatic nitrogens is 2. The molecule has 2 aliphatic rings. The van der Waals surface area contributed by atoms with Gasteiger partial charge < -0.3 is 33.9 Å². The van der Waals surface area contributed by atoms with Crippen molar-refractivity contribution in [2.75, 3.05) is 18.7 Å². The highest BCUT2D eigenvalue weighted by atomic mass is 32.1. The van der Waals surface area contributed by atoms with Crippen LogP contribution in [0.5, 0.6) is 23.1 Å². The van der Waals surface area contributed by atoms with E-state index >= 15 is 0 Å². The molecule has 5 aromatic rings. The third-order valence-electron chi connectivity index (χ3n) is 6.98. The molecule has 7 rings (SSSR count). The van der Waals surface area contributed by atoms with Crippen LogP contribution in [-0.2, 0) is 17.9 Å². The molecule has 0 saturated heterocycles. The Hall–Kier alpha value is -5.01. The summed E-state index contributed by atoms with van der Waals surface area (Å²) in [5, 5.41) is 19.3. The van der Waals surface area contributed by atoms with Gasteiger partial charge in [0.2, 0.25) is 5.88 Å². The van der Waals surface area contributed by atoms with Crippen molar-refractivity contribution >= 4 is 39.5 Å². The van der Waals surface area contributed by atoms with Gasteiger partial charge in [0.1, 0.15) is 28.9 Å². The van der Waals surface area contributed by atoms with Crippen molar-refractivity contribution < 1.29 is 33.2 Å². The molecule has 13 heteroatoms. The van der Waals surface area contributed by atoms with Gasteiger partial charge in [0.15, 0.2) is 30.1 Å². The van der Waals surface area contributed by atoms with E-state index in [0.29, 0.717) is 50.0 Å². The number of anilines is 1. The van der Waals surface area contributed by atoms with Crippen LogP contribution in [0.4, 0.5) is 15.8 Å². The van der Waals surface area contributed by atoms with Crippen LogP contribution >= 0.6 is 11.3 Å². The first-order chi connectivity index (χ1) is 20.5. The molecule has 11 nitrogen and oxygen atoms in total. The van der Waals surface area contributed by atoms with Crippen molar-refractivity contribution in [3.63, 3.8) is 0 Å². The lowest BCUT2D eigenvalue weighted by atomic mass is 10.1. The second-order valence-corrected chi connectivity index (χ2v) is 10.5. The van der Waals surface area contributed by atoms with E-state index in [2.05, 4.69) is 15.5 Å². The van der Waals surface area contributed by atoms with E-state index in [0.717, 1.165) is 0 Å². The van der Waals surface area contributed by atoms with E-state index in [1.807, 2.05) is 24.3 Å². The highest BCUT2D eigenvalue weighted by Crippen LogP contribution is 2.42. The van der Waals surface area contributed by atoms with Gasteiger partial charge in [0.25, 0.3) is 5.91 Å². The van der Waals surface area contributed by atoms with Crippen molar-refractivity contribution in [3.8, 4) is 23.1 Å². The second kappa shape index (κ2) is 10.4. The SMILES string of the molecule is O=Nc1c(O)n(Cc2cc(F)cc3c2OCOC3)c2cc(NC(=O)c3csc(C4COc5ccccc5O4)n3)ccc12. The van der Waals surface area contributed by atoms with Gasteiger partial charge in [-0.1, -0.05) is 12.1 Å². The van der Waals surface area contributed by atoms with Gasteiger partial charge in [-0.25, -0.2) is 9.37 Å². The molecular formula is C29H21FN4O7S. The summed E-state index contributed by atoms with van der Waals surface area (Å²) in [6, 6.07) is 14.7. The summed E-state index contributed by atoms with van der Waals surface area (Å²) in [5.41, 5.74) is 1.78. The number of benzene rings is 3. The predicted octanol–water partition coefficient (Wildman–Crippen LogP) is 6.02. The summed E-state index contributed by atoms with van der Waals surface area (Å²) in [6.45, 7) is 0.425. The van der Waals surface area contributed by atoms with E-state index in [9.17, 15) is 19.2 Å². The van der Waals surface area contributed by atoms with Crippen molar-refractivity contribution in [2.45, 2.75) is 19.3 Å². The predicted molar refractivity (Wildman–Crippen MR) is 150 cm³/mol. The van der Waals surface area contributed by atoms with Crippen LogP contribution in [0.25, 0.3) is 10.9 Å². The number of para-hydroxylation sites is 2. The van der Waals surface area contributed by atoms with Crippen LogP contribution in [0, 0.1) is 10.7 Å². The topological polar surface area (TPSA) is 134 Å². The number of carbonyl (C=O) groups excluding carboxylic acids is 1. The van der Waals surface area contributed by atoms with E-state index in [1.54, 1.807) is 23.6 Å². The van der Waals surface area contributed by atoms with Crippen molar-refractivity contribution in [1.82, 2.24) is 9.55 Å². The number of aromatic hydroxyl groups is 1. The summed E-state index contributed by atoms with van der Waals surface area (Å²) in [7, 11) is 0. The number of hydrogen-bond acceptors (Lipinski definition) is 10. The zero-order valence-electron chi connectivity index (χ0n) is 21.7. The maximum Gasteiger partial charge on any atom is 0.275 e. The van der Waals surface area contributed by atoms with E-state index in [-0.39, 0.29) is 37.9 Å². The lowest BCUT2D eigenvalue weighted by Crippen LogP contribution is -2.21. The number of carbonyl (C=O) groups is 1. The molecule has 2 aromatic heterocycles. The summed E-state index contributed by atoms with van der Waals surface area (Å²) in [5.74, 6) is 0.363. The molecule has 3 aromatic carbocycles. The fraction of sp³-hybridized carbons (Fsp3) is 0.172. The van der Waals surface area contributed by atoms with Gasteiger partial charge in [-0.05, 0) is 47.6 Å². The fourth-order valence-corrected chi connectivity index (χ4v) is 5.88. The first-order valence-corrected chi connectivity index (χ1v) is 13.7. The number of nitroso groups, excluding NO2 is 1. The van der Waals surface area contributed by atoms with Crippen LogP contribution < -0.4 is 19.5 Å². The monoisotopic (exact) mass is 588 g/mol. The maximum absolute atomic E-state index is 14.4. The number of ether oxygens (including phenoxy) is 4. The number of hydrogen-bond donors (Lipinski definition) is 2. The van der Waals surface area contributed by atoms with Crippen LogP contribution in [0.2, 0.25) is 0 Å². The first kappa shape index (κ1) is 25.9. The Morgan fingerprint density at radius 1 is 1.17 bits per heavy atom. The zero-order valence-corrected chi connectivity index (χ0v) is 22.5. The molecule has 1 amide bonds. The highest BCUT2D eigenvalue weighted by molar-refractivity contribution is 7.09. The molecule has 1 unspecified atom stereocenters. The minimum absolute atomic E-state index is 0.00683. The lowest BCUT2D eigenvalue weighted by molar-refractivity contribution is -0.0173. The first-order valence-electron chi connectivity index (χ1n) is 12.8. The molecule has 0 saturated carbocycles. The van der Waals surface area contributed by atoms with Crippen LogP contribution in [0.3, 0.4) is 0 Å². The van der Waals surface area contributed by atoms with Crippen LogP contribution in [0.1, 0.15) is 32.7 Å². The number of amides is 1. The molecule has 212 valence electrons. The number of thiazole rings is 1. The van der Waals surface area contributed by atoms with Gasteiger partial charge in [-0.15, -0.1) is 16.2 Å². The average molecular weight is 589 g/mol. The number of nitrogens with one attached hydrogen (secondary N) is 1. The van der Waals surface area contributed by atoms with E-state index in [1.165, 1.54) is 28.0 Å². The third-order valence-corrected chi connectivity index (χ3v) is 7.92. The smallest absolute Gasteiger partial charge is 0.275 e. The van der Waals surface area contributed by atoms with E-state index < -0.39 is 23.7 Å². The van der Waals surface area contributed by atoms with Crippen molar-refractivity contribution in [2.24, 2.45) is 5.18 Å². The highest BCUT2D eigenvalue weighted by Gasteiger charge is 2.27. The molecular weight excluding hydrogens is 567 g/mol. The number of fused-ring (bicyclic) bond motifs is 3. The molecule has 0 aliphatic carbocycles. The quantitative estimate of drug-likeness (QED) is 0.230. The van der Waals surface area contributed by atoms with Crippen molar-refractivity contribution in [1.29, 1.82) is 0 Å². The Kier molecular flexibility index (Phi) is 6.44. The molecule has 4 heterocycles. The third kappa shape index (κ3) is 4.58. The Bertz CT molecular complexity index is 1870. The minimum Gasteiger partial charge on any atom is -0.493 e. The van der Waals surface area contributed by atoms with Gasteiger partial charge in [-0.3, -0.25) is 4.79 Å². The maximum atomic E-state index is 14.4. The molecule has 0 spiro atoms. The summed E-state index contributed by atoms with van der Waals surface area (Å²) in [6.07, 6.45) is -0.451. The standard InChI is InChI=1S/C29H21FN4O7S/c30-17-7-15(26-16(8-17)11-38-14-40-26)10-34-21-9-18(5-6-19(21)25(33-37)29(34)36)31-27(35)20-13-42-28(32-20)24-12-39-22-3-1-2-4-23(22)41-24/h1-9,13,24,36H,10-12,14H2,(H,31,35). The molecule has 0 fully saturated rings. The summed E-state index contributed by atoms with van der Waals surface area (Å²) in [4.78, 5) is 29.2. The Balaban J connectivity index is 1.16. The van der Waals surface area contributed by atoms with Crippen LogP contribution in [0.15, 0.2) is 65.2 Å². The Labute approximate surface area is 241 Å². The van der Waals surface area contributed by atoms with Gasteiger partial charge >= 0.3 is 0 Å². The number of nitrogens with zero attached hydrogens (tertiary/aromatic N) is 3. The summed E-state index contributed by atoms with van der Waals surface area (Å²) < 4.78 is 38.4. The summed E-state index contributed by atoms with van der Waals surface area (Å²) >= 11 is 1.28. The fourth-order valence-electron chi connectivity index (χ4n) is 5.07. The average Bonchev–Trinajstić information content (AvgIpc) is 3.60. The zero-order chi connectivity index (χ0) is 28.8. The lowest BCUT2D eigenvalue weighted by Gasteiger charge is -2.24. The van der Waals surface area contributed by atoms with Gasteiger partial charge in [-0.2, -0.15) is 0 Å². The molecule has 2 aliphatic heterocycles. The second-order valence-electron chi connectivity index (χ2n) is 9.63. The van der Waals surface area contributed by atoms with E-state index in [4.69, 9.17) is 18.9 Å². The van der Waals surface area contributed by atoms with Crippen LogP contribution in [-0.4, -0.2) is 34.0 Å². The minimum atomic E-state index is -0.493. The Morgan fingerprint density at radius 2 is 2.02 bits per heavy atom. The number of halogens is 1. The largest absolute Gasteiger partial charge is 0.493 e. The Morgan fingerprint density at radius 3 is 2.88 bits per heavy atom. The van der Waals surface area contributed by atoms with Gasteiger partial charge in [0, 0.05) is 27.6 Å². The van der Waals surface area contributed by atoms with Crippen molar-refractivity contribution in [3.05, 3.63) is 92.5 Å². The molecule has 0 bridgehead atoms.